The van der Waals surface area contributed by atoms with Crippen molar-refractivity contribution in [3.63, 3.8) is 0 Å². The second-order valence-electron chi connectivity index (χ2n) is 6.57. The minimum absolute atomic E-state index is 0.0141. The van der Waals surface area contributed by atoms with Crippen molar-refractivity contribution in [3.8, 4) is 11.5 Å². The molecule has 166 valence electrons. The second-order valence-corrected chi connectivity index (χ2v) is 8.25. The molecule has 0 unspecified atom stereocenters. The lowest BCUT2D eigenvalue weighted by atomic mass is 10.2. The lowest BCUT2D eigenvalue weighted by Crippen LogP contribution is -2.31. The Labute approximate surface area is 193 Å². The average Bonchev–Trinajstić information content (AvgIpc) is 3.02. The van der Waals surface area contributed by atoms with E-state index in [1.165, 1.54) is 4.90 Å². The molecule has 1 aliphatic rings. The fourth-order valence-corrected chi connectivity index (χ4v) is 4.13. The van der Waals surface area contributed by atoms with E-state index in [4.69, 9.17) is 17.0 Å². The molecule has 2 amide bonds. The molecule has 0 saturated carbocycles. The van der Waals surface area contributed by atoms with Crippen molar-refractivity contribution in [3.05, 3.63) is 63.0 Å². The molecule has 0 spiro atoms. The molecule has 1 heterocycles. The molecule has 11 heteroatoms. The van der Waals surface area contributed by atoms with Gasteiger partial charge in [0.2, 0.25) is 5.91 Å². The number of nitro benzene ring substituents is 1. The highest BCUT2D eigenvalue weighted by Gasteiger charge is 2.32. The number of nitrogens with one attached hydrogen (secondary N) is 1. The molecule has 0 aliphatic carbocycles. The van der Waals surface area contributed by atoms with Crippen molar-refractivity contribution < 1.29 is 24.4 Å². The molecule has 1 saturated heterocycles. The number of anilines is 1. The van der Waals surface area contributed by atoms with Crippen molar-refractivity contribution in [2.75, 3.05) is 18.5 Å². The third kappa shape index (κ3) is 5.62. The predicted octanol–water partition coefficient (Wildman–Crippen LogP) is 3.30. The maximum absolute atomic E-state index is 12.7. The van der Waals surface area contributed by atoms with Crippen LogP contribution < -0.4 is 15.2 Å². The quantitative estimate of drug-likeness (QED) is 0.269. The fraction of sp³-hybridized carbons (Fsp3) is 0.190. The molecule has 1 N–H and O–H groups in total. The Morgan fingerprint density at radius 3 is 2.66 bits per heavy atom. The fourth-order valence-electron chi connectivity index (χ4n) is 2.83. The van der Waals surface area contributed by atoms with E-state index >= 15 is 0 Å². The van der Waals surface area contributed by atoms with Gasteiger partial charge in [0, 0.05) is 30.8 Å². The summed E-state index contributed by atoms with van der Waals surface area (Å²) in [7, 11) is 0. The minimum Gasteiger partial charge on any atom is -0.871 e. The van der Waals surface area contributed by atoms with Crippen LogP contribution in [0.5, 0.6) is 11.5 Å². The molecule has 1 aliphatic heterocycles. The summed E-state index contributed by atoms with van der Waals surface area (Å²) in [6.45, 7) is 2.46. The standard InChI is InChI=1S/C21H19N3O6S2/c1-2-30-15-6-3-13(4-7-15)11-18-20(27)23(21(31)32-18)10-9-19(26)22-16-12-14(24(28)29)5-8-17(16)25/h3-8,11-12,25H,2,9-10H2,1H3,(H,22,26)/p-1/b18-11-. The Bertz CT molecular complexity index is 1100. The van der Waals surface area contributed by atoms with Crippen LogP contribution in [0.3, 0.4) is 0 Å². The zero-order chi connectivity index (χ0) is 23.3. The number of hydrogen-bond acceptors (Lipinski definition) is 8. The van der Waals surface area contributed by atoms with Gasteiger partial charge in [-0.05, 0) is 30.7 Å². The molecule has 3 rings (SSSR count). The smallest absolute Gasteiger partial charge is 0.271 e. The van der Waals surface area contributed by atoms with Gasteiger partial charge in [-0.3, -0.25) is 24.6 Å². The van der Waals surface area contributed by atoms with E-state index in [9.17, 15) is 24.8 Å². The summed E-state index contributed by atoms with van der Waals surface area (Å²) in [5.74, 6) is -0.699. The van der Waals surface area contributed by atoms with Gasteiger partial charge in [-0.1, -0.05) is 47.9 Å². The van der Waals surface area contributed by atoms with E-state index in [1.807, 2.05) is 19.1 Å². The summed E-state index contributed by atoms with van der Waals surface area (Å²) in [5, 5.41) is 25.0. The molecular formula is C21H18N3O6S2-. The number of nitro groups is 1. The van der Waals surface area contributed by atoms with E-state index in [1.54, 1.807) is 18.2 Å². The molecule has 9 nitrogen and oxygen atoms in total. The molecule has 0 atom stereocenters. The first-order chi connectivity index (χ1) is 15.3. The lowest BCUT2D eigenvalue weighted by molar-refractivity contribution is -0.385. The number of amides is 2. The number of thioether (sulfide) groups is 1. The van der Waals surface area contributed by atoms with E-state index in [2.05, 4.69) is 5.32 Å². The number of non-ortho nitro benzene ring substituents is 1. The highest BCUT2D eigenvalue weighted by atomic mass is 32.2. The molecular weight excluding hydrogens is 454 g/mol. The Morgan fingerprint density at radius 1 is 1.28 bits per heavy atom. The van der Waals surface area contributed by atoms with Crippen LogP contribution >= 0.6 is 24.0 Å². The van der Waals surface area contributed by atoms with Gasteiger partial charge in [-0.25, -0.2) is 0 Å². The van der Waals surface area contributed by atoms with E-state index in [0.717, 1.165) is 41.3 Å². The van der Waals surface area contributed by atoms with E-state index in [0.29, 0.717) is 15.8 Å². The third-order valence-corrected chi connectivity index (χ3v) is 5.75. The van der Waals surface area contributed by atoms with Gasteiger partial charge < -0.3 is 15.2 Å². The SMILES string of the molecule is CCOc1ccc(/C=C2\SC(=S)N(CCC(=O)Nc3cc([N+](=O)[O-])ccc3[O-])C2=O)cc1. The van der Waals surface area contributed by atoms with Gasteiger partial charge >= 0.3 is 0 Å². The van der Waals surface area contributed by atoms with Crippen molar-refractivity contribution in [2.45, 2.75) is 13.3 Å². The number of hydrogen-bond donors (Lipinski definition) is 1. The number of rotatable bonds is 8. The maximum atomic E-state index is 12.7. The van der Waals surface area contributed by atoms with Crippen molar-refractivity contribution in [1.29, 1.82) is 0 Å². The number of carbonyl (C=O) groups is 2. The number of benzene rings is 2. The molecule has 2 aromatic carbocycles. The average molecular weight is 473 g/mol. The second kappa shape index (κ2) is 10.2. The van der Waals surface area contributed by atoms with Crippen LogP contribution in [-0.2, 0) is 9.59 Å². The van der Waals surface area contributed by atoms with Gasteiger partial charge in [-0.2, -0.15) is 0 Å². The third-order valence-electron chi connectivity index (χ3n) is 4.37. The van der Waals surface area contributed by atoms with Crippen LogP contribution in [0, 0.1) is 10.1 Å². The van der Waals surface area contributed by atoms with E-state index < -0.39 is 16.6 Å². The first kappa shape index (κ1) is 23.2. The van der Waals surface area contributed by atoms with Gasteiger partial charge in [-0.15, -0.1) is 0 Å². The van der Waals surface area contributed by atoms with Gasteiger partial charge in [0.1, 0.15) is 10.1 Å². The molecule has 2 aromatic rings. The summed E-state index contributed by atoms with van der Waals surface area (Å²) < 4.78 is 5.72. The van der Waals surface area contributed by atoms with Crippen LogP contribution in [-0.4, -0.2) is 39.1 Å². The molecule has 0 bridgehead atoms. The number of nitrogens with zero attached hydrogens (tertiary/aromatic N) is 2. The van der Waals surface area contributed by atoms with Crippen LogP contribution in [0.1, 0.15) is 18.9 Å². The summed E-state index contributed by atoms with van der Waals surface area (Å²) in [6.07, 6.45) is 1.58. The zero-order valence-electron chi connectivity index (χ0n) is 16.9. The minimum atomic E-state index is -0.661. The highest BCUT2D eigenvalue weighted by Crippen LogP contribution is 2.33. The maximum Gasteiger partial charge on any atom is 0.271 e. The summed E-state index contributed by atoms with van der Waals surface area (Å²) >= 11 is 6.40. The predicted molar refractivity (Wildman–Crippen MR) is 123 cm³/mol. The number of ether oxygens (including phenoxy) is 1. The monoisotopic (exact) mass is 472 g/mol. The Hall–Kier alpha value is -3.44. The van der Waals surface area contributed by atoms with Crippen LogP contribution in [0.4, 0.5) is 11.4 Å². The highest BCUT2D eigenvalue weighted by molar-refractivity contribution is 8.26. The zero-order valence-corrected chi connectivity index (χ0v) is 18.5. The first-order valence-electron chi connectivity index (χ1n) is 9.52. The normalized spacial score (nSPS) is 14.7. The van der Waals surface area contributed by atoms with Crippen molar-refractivity contribution in [1.82, 2.24) is 4.90 Å². The molecule has 1 fully saturated rings. The van der Waals surface area contributed by atoms with Crippen molar-refractivity contribution in [2.24, 2.45) is 0 Å². The lowest BCUT2D eigenvalue weighted by Gasteiger charge is -2.16. The van der Waals surface area contributed by atoms with Crippen LogP contribution in [0.25, 0.3) is 6.08 Å². The number of thiocarbonyl (C=S) groups is 1. The molecule has 32 heavy (non-hydrogen) atoms. The summed E-state index contributed by atoms with van der Waals surface area (Å²) in [5.41, 5.74) is 0.307. The largest absolute Gasteiger partial charge is 0.871 e. The van der Waals surface area contributed by atoms with Gasteiger partial charge in [0.05, 0.1) is 16.4 Å². The Kier molecular flexibility index (Phi) is 7.44. The van der Waals surface area contributed by atoms with Gasteiger partial charge in [0.25, 0.3) is 11.6 Å². The molecule has 0 aromatic heterocycles. The van der Waals surface area contributed by atoms with E-state index in [-0.39, 0.29) is 30.2 Å². The van der Waals surface area contributed by atoms with Crippen LogP contribution in [0.2, 0.25) is 0 Å². The van der Waals surface area contributed by atoms with Crippen molar-refractivity contribution >= 4 is 57.6 Å². The molecule has 0 radical (unpaired) electrons. The van der Waals surface area contributed by atoms with Gasteiger partial charge in [0.15, 0.2) is 0 Å². The first-order valence-corrected chi connectivity index (χ1v) is 10.7. The summed E-state index contributed by atoms with van der Waals surface area (Å²) in [4.78, 5) is 36.9. The number of carbonyl (C=O) groups excluding carboxylic acids is 2. The van der Waals surface area contributed by atoms with Crippen LogP contribution in [0.15, 0.2) is 47.4 Å². The summed E-state index contributed by atoms with van der Waals surface area (Å²) in [6, 6.07) is 10.3. The Balaban J connectivity index is 1.61. The Morgan fingerprint density at radius 2 is 2.00 bits per heavy atom. The topological polar surface area (TPSA) is 125 Å².